The molecule has 0 spiro atoms. The van der Waals surface area contributed by atoms with Gasteiger partial charge in [-0.05, 0) is 59.5 Å². The van der Waals surface area contributed by atoms with Gasteiger partial charge in [0.05, 0.1) is 19.1 Å². The summed E-state index contributed by atoms with van der Waals surface area (Å²) >= 11 is 12.4. The Labute approximate surface area is 254 Å². The number of hydrogen-bond donors (Lipinski definition) is 0. The number of likely N-dealkylation sites (tertiary alicyclic amines) is 1. The van der Waals surface area contributed by atoms with E-state index >= 15 is 0 Å². The van der Waals surface area contributed by atoms with Crippen molar-refractivity contribution < 1.29 is 28.2 Å². The molecule has 2 heterocycles. The molecule has 42 heavy (non-hydrogen) atoms. The molecule has 2 amide bonds. The molecule has 7 nitrogen and oxygen atoms in total. The number of hydrogen-bond acceptors (Lipinski definition) is 5. The average molecular weight is 614 g/mol. The summed E-state index contributed by atoms with van der Waals surface area (Å²) in [5, 5.41) is 1.09. The van der Waals surface area contributed by atoms with Gasteiger partial charge in [0, 0.05) is 16.5 Å². The van der Waals surface area contributed by atoms with Gasteiger partial charge in [0.1, 0.15) is 30.2 Å². The van der Waals surface area contributed by atoms with Crippen LogP contribution in [0.2, 0.25) is 10.0 Å². The quantitative estimate of drug-likeness (QED) is 0.265. The van der Waals surface area contributed by atoms with Crippen LogP contribution in [0, 0.1) is 5.82 Å². The van der Waals surface area contributed by atoms with Crippen molar-refractivity contribution in [2.45, 2.75) is 56.6 Å². The van der Waals surface area contributed by atoms with Gasteiger partial charge >= 0.3 is 0 Å². The summed E-state index contributed by atoms with van der Waals surface area (Å²) in [6, 6.07) is 18.9. The molecule has 2 fully saturated rings. The number of nitrogens with zero attached hydrogens (tertiary/aromatic N) is 2. The molecular weight excluding hydrogens is 582 g/mol. The molecule has 4 atom stereocenters. The highest BCUT2D eigenvalue weighted by atomic mass is 35.5. The van der Waals surface area contributed by atoms with E-state index in [0.29, 0.717) is 29.4 Å². The summed E-state index contributed by atoms with van der Waals surface area (Å²) in [7, 11) is 0. The molecule has 0 saturated carbocycles. The van der Waals surface area contributed by atoms with E-state index in [4.69, 9.17) is 32.7 Å². The summed E-state index contributed by atoms with van der Waals surface area (Å²) in [6.45, 7) is 2.88. The largest absolute Gasteiger partial charge is 0.461 e. The van der Waals surface area contributed by atoms with Crippen molar-refractivity contribution in [1.82, 2.24) is 9.80 Å². The van der Waals surface area contributed by atoms with Crippen LogP contribution < -0.4 is 0 Å². The van der Waals surface area contributed by atoms with Gasteiger partial charge in [-0.15, -0.1) is 0 Å². The van der Waals surface area contributed by atoms with Crippen LogP contribution in [0.15, 0.2) is 72.8 Å². The molecule has 10 heteroatoms. The lowest BCUT2D eigenvalue weighted by molar-refractivity contribution is -0.185. The van der Waals surface area contributed by atoms with Crippen LogP contribution in [0.1, 0.15) is 48.6 Å². The summed E-state index contributed by atoms with van der Waals surface area (Å²) in [5.41, 5.74) is 2.27. The standard InChI is InChI=1S/C32H31Cl2FN2O5/c1-2-3-27(31(39)36-17-26(18-36)41-19-38)37-29(21-6-10-23(33)11-7-21)30(22-8-12-24(34)13-9-22)42-28(32(37)40)16-20-4-14-25(35)15-5-20/h4-15,19,26-30H,2-3,16-18H2,1H3/t27-,28+,29-,30+/m0/s1. The molecular formula is C32H31Cl2FN2O5. The first-order chi connectivity index (χ1) is 20.3. The minimum Gasteiger partial charge on any atom is -0.461 e. The highest BCUT2D eigenvalue weighted by Gasteiger charge is 2.50. The van der Waals surface area contributed by atoms with Gasteiger partial charge in [0.25, 0.3) is 12.4 Å². The van der Waals surface area contributed by atoms with Gasteiger partial charge in [-0.3, -0.25) is 14.4 Å². The van der Waals surface area contributed by atoms with Crippen LogP contribution in [0.25, 0.3) is 0 Å². The lowest BCUT2D eigenvalue weighted by Crippen LogP contribution is -2.63. The molecule has 2 aliphatic rings. The van der Waals surface area contributed by atoms with E-state index in [-0.39, 0.29) is 43.2 Å². The Hall–Kier alpha value is -3.46. The SMILES string of the molecule is CCC[C@@H](C(=O)N1CC(OC=O)C1)N1C(=O)[C@@H](Cc2ccc(F)cc2)O[C@H](c2ccc(Cl)cc2)[C@@H]1c1ccc(Cl)cc1. The Morgan fingerprint density at radius 3 is 2.17 bits per heavy atom. The number of benzene rings is 3. The molecule has 2 aliphatic heterocycles. The van der Waals surface area contributed by atoms with E-state index in [0.717, 1.165) is 16.7 Å². The second kappa shape index (κ2) is 13.2. The molecule has 0 N–H and O–H groups in total. The minimum atomic E-state index is -0.936. The van der Waals surface area contributed by atoms with Gasteiger partial charge < -0.3 is 19.3 Å². The predicted molar refractivity (Wildman–Crippen MR) is 156 cm³/mol. The number of carbonyl (C=O) groups excluding carboxylic acids is 3. The first-order valence-corrected chi connectivity index (χ1v) is 14.7. The van der Waals surface area contributed by atoms with Crippen molar-refractivity contribution in [1.29, 1.82) is 0 Å². The van der Waals surface area contributed by atoms with Crippen LogP contribution >= 0.6 is 23.2 Å². The molecule has 0 bridgehead atoms. The van der Waals surface area contributed by atoms with Gasteiger partial charge in [0.15, 0.2) is 0 Å². The van der Waals surface area contributed by atoms with Crippen molar-refractivity contribution in [3.05, 3.63) is 105 Å². The fraction of sp³-hybridized carbons (Fsp3) is 0.344. The third-order valence-electron chi connectivity index (χ3n) is 7.76. The second-order valence-electron chi connectivity index (χ2n) is 10.6. The molecule has 0 aliphatic carbocycles. The van der Waals surface area contributed by atoms with E-state index in [1.54, 1.807) is 46.2 Å². The van der Waals surface area contributed by atoms with E-state index in [1.165, 1.54) is 12.1 Å². The Morgan fingerprint density at radius 1 is 1.00 bits per heavy atom. The number of halogens is 3. The third-order valence-corrected chi connectivity index (χ3v) is 8.27. The van der Waals surface area contributed by atoms with Crippen LogP contribution in [0.4, 0.5) is 4.39 Å². The summed E-state index contributed by atoms with van der Waals surface area (Å²) < 4.78 is 25.3. The van der Waals surface area contributed by atoms with Crippen LogP contribution in [0.3, 0.4) is 0 Å². The van der Waals surface area contributed by atoms with Crippen molar-refractivity contribution in [3.63, 3.8) is 0 Å². The van der Waals surface area contributed by atoms with Crippen molar-refractivity contribution >= 4 is 41.5 Å². The fourth-order valence-corrected chi connectivity index (χ4v) is 5.89. The summed E-state index contributed by atoms with van der Waals surface area (Å²) in [6.07, 6.45) is -0.699. The van der Waals surface area contributed by atoms with Crippen molar-refractivity contribution in [3.8, 4) is 0 Å². The van der Waals surface area contributed by atoms with E-state index in [9.17, 15) is 18.8 Å². The number of rotatable bonds is 10. The van der Waals surface area contributed by atoms with E-state index in [1.807, 2.05) is 31.2 Å². The zero-order valence-corrected chi connectivity index (χ0v) is 24.5. The highest BCUT2D eigenvalue weighted by Crippen LogP contribution is 2.45. The smallest absolute Gasteiger partial charge is 0.293 e. The third kappa shape index (κ3) is 6.46. The number of morpholine rings is 1. The Morgan fingerprint density at radius 2 is 1.60 bits per heavy atom. The average Bonchev–Trinajstić information content (AvgIpc) is 2.96. The Balaban J connectivity index is 1.59. The Kier molecular flexibility index (Phi) is 9.46. The maximum atomic E-state index is 14.4. The molecule has 3 aromatic carbocycles. The lowest BCUT2D eigenvalue weighted by Gasteiger charge is -2.49. The normalized spacial score (nSPS) is 21.5. The summed E-state index contributed by atoms with van der Waals surface area (Å²) in [5.74, 6) is -0.928. The van der Waals surface area contributed by atoms with Crippen molar-refractivity contribution in [2.24, 2.45) is 0 Å². The molecule has 0 aromatic heterocycles. The molecule has 0 unspecified atom stereocenters. The molecule has 0 radical (unpaired) electrons. The predicted octanol–water partition coefficient (Wildman–Crippen LogP) is 5.94. The topological polar surface area (TPSA) is 76.2 Å². The first kappa shape index (κ1) is 30.0. The maximum absolute atomic E-state index is 14.4. The van der Waals surface area contributed by atoms with Crippen LogP contribution in [-0.2, 0) is 30.3 Å². The number of ether oxygens (including phenoxy) is 2. The zero-order chi connectivity index (χ0) is 29.8. The molecule has 3 aromatic rings. The van der Waals surface area contributed by atoms with Crippen LogP contribution in [-0.4, -0.2) is 59.4 Å². The van der Waals surface area contributed by atoms with Crippen LogP contribution in [0.5, 0.6) is 0 Å². The highest BCUT2D eigenvalue weighted by molar-refractivity contribution is 6.30. The minimum absolute atomic E-state index is 0.193. The van der Waals surface area contributed by atoms with Gasteiger partial charge in [0.2, 0.25) is 5.91 Å². The maximum Gasteiger partial charge on any atom is 0.293 e. The van der Waals surface area contributed by atoms with E-state index < -0.39 is 24.3 Å². The second-order valence-corrected chi connectivity index (χ2v) is 11.4. The summed E-state index contributed by atoms with van der Waals surface area (Å²) in [4.78, 5) is 42.5. The molecule has 2 saturated heterocycles. The zero-order valence-electron chi connectivity index (χ0n) is 23.0. The number of amides is 2. The number of carbonyl (C=O) groups is 3. The fourth-order valence-electron chi connectivity index (χ4n) is 5.63. The lowest BCUT2D eigenvalue weighted by atomic mass is 9.88. The van der Waals surface area contributed by atoms with Gasteiger partial charge in [-0.2, -0.15) is 0 Å². The first-order valence-electron chi connectivity index (χ1n) is 13.9. The Bertz CT molecular complexity index is 1400. The van der Waals surface area contributed by atoms with Gasteiger partial charge in [-0.1, -0.05) is 72.9 Å². The molecule has 220 valence electrons. The van der Waals surface area contributed by atoms with Gasteiger partial charge in [-0.25, -0.2) is 4.39 Å². The van der Waals surface area contributed by atoms with E-state index in [2.05, 4.69) is 0 Å². The monoisotopic (exact) mass is 612 g/mol. The molecule has 5 rings (SSSR count). The van der Waals surface area contributed by atoms with Crippen molar-refractivity contribution in [2.75, 3.05) is 13.1 Å².